The maximum atomic E-state index is 11.6. The Bertz CT molecular complexity index is 716. The molecule has 1 amide bonds. The predicted molar refractivity (Wildman–Crippen MR) is 90.0 cm³/mol. The van der Waals surface area contributed by atoms with E-state index in [1.165, 1.54) is 25.7 Å². The average molecular weight is 312 g/mol. The summed E-state index contributed by atoms with van der Waals surface area (Å²) >= 11 is 0. The number of nitrogens with two attached hydrogens (primary N) is 1. The van der Waals surface area contributed by atoms with Crippen LogP contribution in [-0.4, -0.2) is 33.9 Å². The van der Waals surface area contributed by atoms with Gasteiger partial charge in [0.1, 0.15) is 11.3 Å². The van der Waals surface area contributed by atoms with Crippen LogP contribution in [0.5, 0.6) is 0 Å². The van der Waals surface area contributed by atoms with Gasteiger partial charge in [-0.25, -0.2) is 4.98 Å². The fourth-order valence-electron chi connectivity index (χ4n) is 3.28. The summed E-state index contributed by atoms with van der Waals surface area (Å²) in [6.07, 6.45) is 5.44. The Morgan fingerprint density at radius 3 is 2.52 bits per heavy atom. The second-order valence-corrected chi connectivity index (χ2v) is 7.20. The first-order valence-corrected chi connectivity index (χ1v) is 8.64. The molecule has 2 aromatic rings. The van der Waals surface area contributed by atoms with Gasteiger partial charge in [-0.05, 0) is 56.6 Å². The normalized spacial score (nSPS) is 19.4. The number of hydrogen-bond donors (Lipinski definition) is 2. The zero-order chi connectivity index (χ0) is 16.0. The van der Waals surface area contributed by atoms with E-state index in [4.69, 9.17) is 10.7 Å². The highest BCUT2D eigenvalue weighted by Crippen LogP contribution is 2.37. The van der Waals surface area contributed by atoms with Gasteiger partial charge in [0.2, 0.25) is 0 Å². The molecule has 1 atom stereocenters. The van der Waals surface area contributed by atoms with Gasteiger partial charge < -0.3 is 10.7 Å². The fraction of sp³-hybridized carbons (Fsp3) is 0.556. The summed E-state index contributed by atoms with van der Waals surface area (Å²) in [5, 5.41) is 0. The van der Waals surface area contributed by atoms with E-state index in [0.29, 0.717) is 11.1 Å². The topological polar surface area (TPSA) is 75.0 Å². The molecule has 4 rings (SSSR count). The Hall–Kier alpha value is -1.88. The fourth-order valence-corrected chi connectivity index (χ4v) is 3.28. The lowest BCUT2D eigenvalue weighted by Gasteiger charge is -2.27. The molecule has 0 spiro atoms. The lowest BCUT2D eigenvalue weighted by molar-refractivity contribution is 0.100. The van der Waals surface area contributed by atoms with Crippen molar-refractivity contribution in [3.8, 4) is 0 Å². The number of hydrogen-bond acceptors (Lipinski definition) is 3. The molecule has 0 radical (unpaired) electrons. The first-order valence-electron chi connectivity index (χ1n) is 8.64. The number of carbonyl (C=O) groups excluding carboxylic acids is 1. The van der Waals surface area contributed by atoms with Crippen LogP contribution in [0, 0.1) is 11.8 Å². The Balaban J connectivity index is 1.62. The van der Waals surface area contributed by atoms with Gasteiger partial charge >= 0.3 is 0 Å². The first-order chi connectivity index (χ1) is 11.1. The molecule has 122 valence electrons. The Morgan fingerprint density at radius 2 is 1.96 bits per heavy atom. The molecule has 2 fully saturated rings. The quantitative estimate of drug-likeness (QED) is 0.825. The number of carbonyl (C=O) groups is 1. The number of amides is 1. The standard InChI is InChI=1S/C18H24N4O/c1-11(22(9-12-5-6-12)10-13-7-8-13)18-20-15-4-2-3-14(17(19)23)16(15)21-18/h2-4,11-13H,5-10H2,1H3,(H2,19,23)(H,20,21). The molecule has 0 saturated heterocycles. The Morgan fingerprint density at radius 1 is 1.30 bits per heavy atom. The summed E-state index contributed by atoms with van der Waals surface area (Å²) in [6, 6.07) is 5.79. The van der Waals surface area contributed by atoms with Crippen molar-refractivity contribution in [3.05, 3.63) is 29.6 Å². The summed E-state index contributed by atoms with van der Waals surface area (Å²) in [5.41, 5.74) is 7.55. The number of H-pyrrole nitrogens is 1. The van der Waals surface area contributed by atoms with Gasteiger partial charge in [0.15, 0.2) is 0 Å². The van der Waals surface area contributed by atoms with Crippen LogP contribution in [0.2, 0.25) is 0 Å². The molecule has 1 aromatic carbocycles. The molecule has 1 unspecified atom stereocenters. The average Bonchev–Trinajstić information content (AvgIpc) is 3.45. The molecular formula is C18H24N4O. The van der Waals surface area contributed by atoms with Crippen LogP contribution in [-0.2, 0) is 0 Å². The lowest BCUT2D eigenvalue weighted by Crippen LogP contribution is -2.31. The van der Waals surface area contributed by atoms with Crippen LogP contribution in [0.4, 0.5) is 0 Å². The largest absolute Gasteiger partial charge is 0.366 e. The molecule has 2 saturated carbocycles. The minimum absolute atomic E-state index is 0.240. The number of aromatic nitrogens is 2. The zero-order valence-corrected chi connectivity index (χ0v) is 13.6. The van der Waals surface area contributed by atoms with E-state index in [1.807, 2.05) is 12.1 Å². The minimum atomic E-state index is -0.422. The third-order valence-electron chi connectivity index (χ3n) is 5.12. The van der Waals surface area contributed by atoms with Crippen molar-refractivity contribution in [2.45, 2.75) is 38.6 Å². The van der Waals surface area contributed by atoms with Crippen LogP contribution in [0.15, 0.2) is 18.2 Å². The zero-order valence-electron chi connectivity index (χ0n) is 13.6. The number of fused-ring (bicyclic) bond motifs is 1. The van der Waals surface area contributed by atoms with Crippen molar-refractivity contribution >= 4 is 16.9 Å². The molecule has 5 heteroatoms. The Kier molecular flexibility index (Phi) is 3.60. The van der Waals surface area contributed by atoms with Gasteiger partial charge in [-0.3, -0.25) is 9.69 Å². The Labute approximate surface area is 136 Å². The molecule has 2 aliphatic carbocycles. The maximum Gasteiger partial charge on any atom is 0.250 e. The number of primary amides is 1. The molecule has 23 heavy (non-hydrogen) atoms. The molecule has 5 nitrogen and oxygen atoms in total. The van der Waals surface area contributed by atoms with Gasteiger partial charge in [-0.2, -0.15) is 0 Å². The van der Waals surface area contributed by atoms with Gasteiger partial charge in [-0.1, -0.05) is 6.07 Å². The molecule has 1 heterocycles. The molecule has 2 aliphatic rings. The number of para-hydroxylation sites is 1. The van der Waals surface area contributed by atoms with Crippen molar-refractivity contribution in [2.24, 2.45) is 17.6 Å². The highest BCUT2D eigenvalue weighted by atomic mass is 16.1. The van der Waals surface area contributed by atoms with E-state index < -0.39 is 5.91 Å². The van der Waals surface area contributed by atoms with Crippen molar-refractivity contribution in [3.63, 3.8) is 0 Å². The first kappa shape index (κ1) is 14.7. The summed E-state index contributed by atoms with van der Waals surface area (Å²) in [7, 11) is 0. The van der Waals surface area contributed by atoms with E-state index in [0.717, 1.165) is 36.3 Å². The van der Waals surface area contributed by atoms with Gasteiger partial charge in [0.05, 0.1) is 17.1 Å². The third kappa shape index (κ3) is 3.11. The van der Waals surface area contributed by atoms with Crippen LogP contribution < -0.4 is 5.73 Å². The maximum absolute atomic E-state index is 11.6. The smallest absolute Gasteiger partial charge is 0.250 e. The number of imidazole rings is 1. The van der Waals surface area contributed by atoms with Crippen molar-refractivity contribution in [1.82, 2.24) is 14.9 Å². The molecule has 3 N–H and O–H groups in total. The lowest BCUT2D eigenvalue weighted by atomic mass is 10.2. The minimum Gasteiger partial charge on any atom is -0.366 e. The van der Waals surface area contributed by atoms with Crippen LogP contribution in [0.25, 0.3) is 11.0 Å². The SMILES string of the molecule is CC(c1nc2c(C(N)=O)cccc2[nH]1)N(CC1CC1)CC1CC1. The second-order valence-electron chi connectivity index (χ2n) is 7.20. The number of benzene rings is 1. The van der Waals surface area contributed by atoms with E-state index in [2.05, 4.69) is 16.8 Å². The number of nitrogens with one attached hydrogen (secondary N) is 1. The molecule has 1 aromatic heterocycles. The number of aromatic amines is 1. The molecule has 0 bridgehead atoms. The van der Waals surface area contributed by atoms with Crippen LogP contribution in [0.1, 0.15) is 54.8 Å². The molecular weight excluding hydrogens is 288 g/mol. The van der Waals surface area contributed by atoms with E-state index in [-0.39, 0.29) is 6.04 Å². The monoisotopic (exact) mass is 312 g/mol. The van der Waals surface area contributed by atoms with Gasteiger partial charge in [0.25, 0.3) is 5.91 Å². The summed E-state index contributed by atoms with van der Waals surface area (Å²) in [4.78, 5) is 22.3. The van der Waals surface area contributed by atoms with Crippen LogP contribution in [0.3, 0.4) is 0 Å². The van der Waals surface area contributed by atoms with Crippen molar-refractivity contribution < 1.29 is 4.79 Å². The van der Waals surface area contributed by atoms with Crippen molar-refractivity contribution in [1.29, 1.82) is 0 Å². The molecule has 0 aliphatic heterocycles. The van der Waals surface area contributed by atoms with E-state index >= 15 is 0 Å². The van der Waals surface area contributed by atoms with Crippen LogP contribution >= 0.6 is 0 Å². The highest BCUT2D eigenvalue weighted by Gasteiger charge is 2.32. The van der Waals surface area contributed by atoms with Gasteiger partial charge in [0, 0.05) is 13.1 Å². The van der Waals surface area contributed by atoms with E-state index in [1.54, 1.807) is 6.07 Å². The summed E-state index contributed by atoms with van der Waals surface area (Å²) < 4.78 is 0. The second kappa shape index (κ2) is 5.64. The number of rotatable bonds is 7. The number of nitrogens with zero attached hydrogens (tertiary/aromatic N) is 2. The predicted octanol–water partition coefficient (Wildman–Crippen LogP) is 2.84. The highest BCUT2D eigenvalue weighted by molar-refractivity contribution is 6.04. The summed E-state index contributed by atoms with van der Waals surface area (Å²) in [6.45, 7) is 4.54. The summed E-state index contributed by atoms with van der Waals surface area (Å²) in [5.74, 6) is 2.24. The van der Waals surface area contributed by atoms with E-state index in [9.17, 15) is 4.79 Å². The third-order valence-corrected chi connectivity index (χ3v) is 5.12. The van der Waals surface area contributed by atoms with Crippen molar-refractivity contribution in [2.75, 3.05) is 13.1 Å². The van der Waals surface area contributed by atoms with Gasteiger partial charge in [-0.15, -0.1) is 0 Å².